The Hall–Kier alpha value is -6.22. The molecule has 64 heavy (non-hydrogen) atoms. The van der Waals surface area contributed by atoms with Crippen molar-refractivity contribution in [2.45, 2.75) is 26.4 Å². The number of rotatable bonds is 9. The molecular weight excluding hydrogens is 887 g/mol. The van der Waals surface area contributed by atoms with Crippen LogP contribution in [-0.4, -0.2) is 93.9 Å². The number of halogens is 6. The highest BCUT2D eigenvalue weighted by Crippen LogP contribution is 2.42. The van der Waals surface area contributed by atoms with Crippen LogP contribution < -0.4 is 9.80 Å². The fraction of sp³-hybridized carbons (Fsp3) is 0.273. The second-order valence-corrected chi connectivity index (χ2v) is 17.3. The lowest BCUT2D eigenvalue weighted by atomic mass is 10.1. The summed E-state index contributed by atoms with van der Waals surface area (Å²) in [6.07, 6.45) is 1.96. The smallest absolute Gasteiger partial charge is 0.323 e. The number of fused-ring (bicyclic) bond motifs is 4. The highest BCUT2D eigenvalue weighted by Gasteiger charge is 2.25. The van der Waals surface area contributed by atoms with Crippen LogP contribution >= 0.6 is 22.7 Å². The molecule has 6 heterocycles. The monoisotopic (exact) mass is 922 g/mol. The minimum absolute atomic E-state index is 0.0396. The van der Waals surface area contributed by atoms with Crippen LogP contribution in [0.2, 0.25) is 0 Å². The molecule has 0 saturated carbocycles. The van der Waals surface area contributed by atoms with Gasteiger partial charge in [0.15, 0.2) is 23.3 Å². The number of carboxylic acid groups (broad SMARTS) is 2. The Morgan fingerprint density at radius 3 is 1.78 bits per heavy atom. The van der Waals surface area contributed by atoms with E-state index in [-0.39, 0.29) is 39.9 Å². The van der Waals surface area contributed by atoms with E-state index in [0.717, 1.165) is 63.6 Å². The van der Waals surface area contributed by atoms with Gasteiger partial charge in [0.1, 0.15) is 40.8 Å². The first-order valence-electron chi connectivity index (χ1n) is 20.0. The highest BCUT2D eigenvalue weighted by atomic mass is 32.1. The lowest BCUT2D eigenvalue weighted by Gasteiger charge is -2.29. The summed E-state index contributed by atoms with van der Waals surface area (Å²) in [4.78, 5) is 35.5. The average molecular weight is 923 g/mol. The number of benzene rings is 4. The van der Waals surface area contributed by atoms with Gasteiger partial charge in [-0.15, -0.1) is 22.7 Å². The molecule has 2 aliphatic rings. The zero-order valence-electron chi connectivity index (χ0n) is 33.8. The first-order valence-corrected chi connectivity index (χ1v) is 21.6. The first kappa shape index (κ1) is 43.1. The van der Waals surface area contributed by atoms with E-state index in [0.29, 0.717) is 83.8 Å². The van der Waals surface area contributed by atoms with Crippen LogP contribution in [0.15, 0.2) is 54.7 Å². The summed E-state index contributed by atoms with van der Waals surface area (Å²) in [7, 11) is 0. The Bertz CT molecular complexity index is 3140. The Labute approximate surface area is 367 Å². The molecule has 0 unspecified atom stereocenters. The minimum Gasteiger partial charge on any atom is -0.480 e. The molecule has 332 valence electrons. The van der Waals surface area contributed by atoms with Crippen LogP contribution in [-0.2, 0) is 38.6 Å². The summed E-state index contributed by atoms with van der Waals surface area (Å²) in [5, 5.41) is 21.0. The van der Waals surface area contributed by atoms with E-state index in [2.05, 4.69) is 19.8 Å². The van der Waals surface area contributed by atoms with E-state index in [9.17, 15) is 46.1 Å². The number of ether oxygens (including phenoxy) is 2. The van der Waals surface area contributed by atoms with Crippen molar-refractivity contribution in [2.24, 2.45) is 0 Å². The van der Waals surface area contributed by atoms with Gasteiger partial charge in [0.25, 0.3) is 0 Å². The molecule has 0 amide bonds. The second-order valence-electron chi connectivity index (χ2n) is 15.2. The Morgan fingerprint density at radius 2 is 1.20 bits per heavy atom. The number of hydrogen-bond donors (Lipinski definition) is 2. The van der Waals surface area contributed by atoms with Crippen molar-refractivity contribution in [3.05, 3.63) is 106 Å². The fourth-order valence-corrected chi connectivity index (χ4v) is 10.3. The molecule has 0 bridgehead atoms. The summed E-state index contributed by atoms with van der Waals surface area (Å²) in [6.45, 7) is 6.64. The lowest BCUT2D eigenvalue weighted by molar-refractivity contribution is -0.138. The molecule has 2 N–H and O–H groups in total. The van der Waals surface area contributed by atoms with Crippen molar-refractivity contribution in [2.75, 3.05) is 62.4 Å². The van der Waals surface area contributed by atoms with Crippen molar-refractivity contribution in [3.8, 4) is 10.6 Å². The molecule has 0 radical (unpaired) electrons. The summed E-state index contributed by atoms with van der Waals surface area (Å²) < 4.78 is 98.1. The van der Waals surface area contributed by atoms with E-state index in [1.165, 1.54) is 0 Å². The van der Waals surface area contributed by atoms with Crippen LogP contribution in [0.5, 0.6) is 0 Å². The summed E-state index contributed by atoms with van der Waals surface area (Å²) in [5.41, 5.74) is 4.58. The number of carbonyl (C=O) groups is 2. The van der Waals surface area contributed by atoms with E-state index in [1.807, 2.05) is 36.4 Å². The molecule has 2 aliphatic heterocycles. The number of nitrogens with zero attached hydrogens (tertiary/aromatic N) is 6. The van der Waals surface area contributed by atoms with Crippen molar-refractivity contribution in [1.82, 2.24) is 19.1 Å². The molecular formula is C44H36F6N6O6S2. The van der Waals surface area contributed by atoms with Crippen LogP contribution in [0.3, 0.4) is 0 Å². The lowest BCUT2D eigenvalue weighted by Crippen LogP contribution is -2.36. The van der Waals surface area contributed by atoms with Gasteiger partial charge >= 0.3 is 11.9 Å². The predicted octanol–water partition coefficient (Wildman–Crippen LogP) is 8.75. The molecule has 0 spiro atoms. The van der Waals surface area contributed by atoms with Gasteiger partial charge in [0.05, 0.1) is 40.8 Å². The third kappa shape index (κ3) is 8.10. The summed E-state index contributed by atoms with van der Waals surface area (Å²) >= 11 is 1.88. The largest absolute Gasteiger partial charge is 0.480 e. The number of thiazole rings is 2. The molecule has 10 rings (SSSR count). The van der Waals surface area contributed by atoms with Crippen LogP contribution in [0.4, 0.5) is 37.7 Å². The van der Waals surface area contributed by atoms with Crippen molar-refractivity contribution >= 4 is 88.2 Å². The number of aromatic nitrogens is 4. The number of anilines is 2. The number of hydrogen-bond acceptors (Lipinski definition) is 10. The summed E-state index contributed by atoms with van der Waals surface area (Å²) in [5.74, 6) is -8.69. The molecule has 12 nitrogen and oxygen atoms in total. The predicted molar refractivity (Wildman–Crippen MR) is 231 cm³/mol. The molecule has 8 aromatic rings. The molecule has 4 aromatic carbocycles. The Kier molecular flexibility index (Phi) is 11.7. The number of carboxylic acids is 2. The fourth-order valence-electron chi connectivity index (χ4n) is 8.25. The van der Waals surface area contributed by atoms with Gasteiger partial charge in [-0.2, -0.15) is 0 Å². The maximum atomic E-state index is 14.3. The van der Waals surface area contributed by atoms with E-state index >= 15 is 0 Å². The van der Waals surface area contributed by atoms with Gasteiger partial charge < -0.3 is 38.6 Å². The van der Waals surface area contributed by atoms with Gasteiger partial charge in [-0.1, -0.05) is 0 Å². The molecule has 4 aromatic heterocycles. The molecule has 2 saturated heterocycles. The van der Waals surface area contributed by atoms with Gasteiger partial charge in [0, 0.05) is 95.4 Å². The molecule has 20 heteroatoms. The van der Waals surface area contributed by atoms with Gasteiger partial charge in [-0.05, 0) is 48.9 Å². The first-order chi connectivity index (χ1) is 30.7. The van der Waals surface area contributed by atoms with Gasteiger partial charge in [-0.3, -0.25) is 9.59 Å². The SMILES string of the molecule is Cc1c(-c2nc3c(F)c(F)cc(F)c3s2)c2cc(N3CCOCC3)ccc2n1CC(=O)O.O=C(O)Cn1cc(Cc2nc3c(F)c(F)cc(F)c3s2)c2cc(N3CCOCC3)ccc21. The second kappa shape index (κ2) is 17.4. The van der Waals surface area contributed by atoms with Gasteiger partial charge in [0.2, 0.25) is 0 Å². The third-order valence-electron chi connectivity index (χ3n) is 11.2. The summed E-state index contributed by atoms with van der Waals surface area (Å²) in [6, 6.07) is 12.5. The standard InChI is InChI=1S/2C22H18F3N3O3S/c1-11-18(22-26-20-19(25)14(23)9-15(24)21(20)32-22)13-8-12(27-4-6-31-7-5-27)2-3-16(13)28(11)10-17(29)30;23-15-9-16(24)22-21(20(15)25)26-18(32-22)7-12-10-28(11-19(29)30)17-2-1-13(8-14(12)17)27-3-5-31-6-4-27/h2-3,8-9H,4-7,10H2,1H3,(H,29,30);1-2,8-10H,3-7,11H2,(H,29,30). The zero-order valence-corrected chi connectivity index (χ0v) is 35.4. The van der Waals surface area contributed by atoms with Crippen molar-refractivity contribution in [3.63, 3.8) is 0 Å². The average Bonchev–Trinajstić information content (AvgIpc) is 4.06. The van der Waals surface area contributed by atoms with E-state index in [1.54, 1.807) is 22.3 Å². The van der Waals surface area contributed by atoms with E-state index in [4.69, 9.17) is 9.47 Å². The normalized spacial score (nSPS) is 14.5. The van der Waals surface area contributed by atoms with Crippen LogP contribution in [0.1, 0.15) is 16.3 Å². The number of aliphatic carboxylic acids is 2. The maximum absolute atomic E-state index is 14.3. The number of morpholine rings is 2. The topological polar surface area (TPSA) is 135 Å². The van der Waals surface area contributed by atoms with Crippen molar-refractivity contribution < 1.29 is 55.6 Å². The minimum atomic E-state index is -1.30. The third-order valence-corrected chi connectivity index (χ3v) is 13.4. The quantitative estimate of drug-likeness (QED) is 0.107. The van der Waals surface area contributed by atoms with Crippen molar-refractivity contribution in [1.29, 1.82) is 0 Å². The Morgan fingerprint density at radius 1 is 0.672 bits per heavy atom. The molecule has 0 atom stereocenters. The Balaban J connectivity index is 0.000000162. The molecule has 0 aliphatic carbocycles. The van der Waals surface area contributed by atoms with Crippen LogP contribution in [0.25, 0.3) is 52.8 Å². The highest BCUT2D eigenvalue weighted by molar-refractivity contribution is 7.21. The van der Waals surface area contributed by atoms with Crippen LogP contribution in [0, 0.1) is 41.8 Å². The zero-order chi connectivity index (χ0) is 45.0. The van der Waals surface area contributed by atoms with Gasteiger partial charge in [-0.25, -0.2) is 36.3 Å². The van der Waals surface area contributed by atoms with E-state index < -0.39 is 46.8 Å². The maximum Gasteiger partial charge on any atom is 0.323 e. The molecule has 2 fully saturated rings.